The summed E-state index contributed by atoms with van der Waals surface area (Å²) in [6.45, 7) is 1.27. The van der Waals surface area contributed by atoms with Gasteiger partial charge in [-0.2, -0.15) is 10.2 Å². The summed E-state index contributed by atoms with van der Waals surface area (Å²) in [7, 11) is 0. The Bertz CT molecular complexity index is 1020. The number of rotatable bonds is 7. The predicted molar refractivity (Wildman–Crippen MR) is 116 cm³/mol. The molecule has 0 bridgehead atoms. The van der Waals surface area contributed by atoms with Crippen LogP contribution in [0.1, 0.15) is 48.9 Å². The van der Waals surface area contributed by atoms with Crippen molar-refractivity contribution in [2.45, 2.75) is 50.2 Å². The number of carbonyl (C=O) groups is 2. The maximum atomic E-state index is 12.7. The van der Waals surface area contributed by atoms with Gasteiger partial charge in [-0.3, -0.25) is 9.59 Å². The molecule has 1 unspecified atom stereocenters. The van der Waals surface area contributed by atoms with Crippen LogP contribution in [0, 0.1) is 12.3 Å². The van der Waals surface area contributed by atoms with Crippen LogP contribution in [-0.4, -0.2) is 41.5 Å². The molecule has 2 aromatic carbocycles. The fourth-order valence-corrected chi connectivity index (χ4v) is 4.05. The Kier molecular flexibility index (Phi) is 5.80. The Morgan fingerprint density at radius 1 is 1.17 bits per heavy atom. The average molecular weight is 402 g/mol. The van der Waals surface area contributed by atoms with Crippen LogP contribution < -0.4 is 5.32 Å². The fraction of sp³-hybridized carbons (Fsp3) is 0.417. The van der Waals surface area contributed by atoms with Crippen molar-refractivity contribution in [2.75, 3.05) is 13.1 Å². The maximum absolute atomic E-state index is 12.7. The molecule has 2 heterocycles. The van der Waals surface area contributed by atoms with Gasteiger partial charge in [-0.1, -0.05) is 30.3 Å². The second-order valence-electron chi connectivity index (χ2n) is 8.10. The van der Waals surface area contributed by atoms with Crippen LogP contribution in [0.4, 0.5) is 0 Å². The first kappa shape index (κ1) is 20.1. The molecule has 1 saturated heterocycles. The fourth-order valence-electron chi connectivity index (χ4n) is 4.05. The lowest BCUT2D eigenvalue weighted by Gasteiger charge is -2.33. The number of nitrogens with zero attached hydrogens (tertiary/aromatic N) is 3. The van der Waals surface area contributed by atoms with Gasteiger partial charge >= 0.3 is 0 Å². The summed E-state index contributed by atoms with van der Waals surface area (Å²) in [5.74, 6) is 2.61. The largest absolute Gasteiger partial charge is 0.348 e. The number of terminal acetylenes is 1. The van der Waals surface area contributed by atoms with Crippen molar-refractivity contribution in [3.8, 4) is 12.3 Å². The molecule has 30 heavy (non-hydrogen) atoms. The summed E-state index contributed by atoms with van der Waals surface area (Å²) >= 11 is 0. The highest BCUT2D eigenvalue weighted by Crippen LogP contribution is 2.37. The third kappa shape index (κ3) is 4.68. The molecule has 2 aliphatic rings. The lowest BCUT2D eigenvalue weighted by atomic mass is 10.00. The minimum Gasteiger partial charge on any atom is -0.348 e. The molecule has 6 nitrogen and oxygen atoms in total. The van der Waals surface area contributed by atoms with E-state index in [0.717, 1.165) is 30.2 Å². The first-order valence-corrected chi connectivity index (χ1v) is 10.5. The maximum Gasteiger partial charge on any atom is 0.251 e. The molecule has 4 rings (SSSR count). The van der Waals surface area contributed by atoms with E-state index in [1.54, 1.807) is 0 Å². The highest BCUT2D eigenvalue weighted by molar-refractivity contribution is 5.98. The molecular weight excluding hydrogens is 376 g/mol. The first-order chi connectivity index (χ1) is 14.6. The standard InChI is InChI=1S/C24H26N4O2/c1-2-3-13-24(26-27-24)14-12-22(29)28-15-6-9-21(17-28)25-23(30)20-11-10-18-7-4-5-8-19(18)16-20/h1,4-5,7-8,10-11,16,21H,3,6,9,12-15,17H2,(H,25,30). The molecule has 2 aromatic rings. The molecule has 0 aliphatic carbocycles. The van der Waals surface area contributed by atoms with Gasteiger partial charge in [0, 0.05) is 50.4 Å². The molecule has 0 saturated carbocycles. The second kappa shape index (κ2) is 8.66. The highest BCUT2D eigenvalue weighted by Gasteiger charge is 2.39. The van der Waals surface area contributed by atoms with Crippen molar-refractivity contribution in [2.24, 2.45) is 10.2 Å². The zero-order valence-electron chi connectivity index (χ0n) is 17.0. The zero-order chi connectivity index (χ0) is 21.0. The molecule has 1 N–H and O–H groups in total. The molecular formula is C24H26N4O2. The van der Waals surface area contributed by atoms with E-state index in [9.17, 15) is 9.59 Å². The van der Waals surface area contributed by atoms with E-state index in [4.69, 9.17) is 6.42 Å². The van der Waals surface area contributed by atoms with E-state index < -0.39 is 5.66 Å². The minimum atomic E-state index is -0.429. The van der Waals surface area contributed by atoms with Gasteiger partial charge in [-0.05, 0) is 35.7 Å². The Balaban J connectivity index is 1.30. The van der Waals surface area contributed by atoms with Crippen LogP contribution in [0.3, 0.4) is 0 Å². The number of hydrogen-bond donors (Lipinski definition) is 1. The minimum absolute atomic E-state index is 0.0348. The Hall–Kier alpha value is -3.20. The summed E-state index contributed by atoms with van der Waals surface area (Å²) in [5.41, 5.74) is 0.214. The van der Waals surface area contributed by atoms with Crippen molar-refractivity contribution in [3.05, 3.63) is 48.0 Å². The van der Waals surface area contributed by atoms with Gasteiger partial charge in [0.1, 0.15) is 0 Å². The van der Waals surface area contributed by atoms with Crippen LogP contribution in [0.5, 0.6) is 0 Å². The van der Waals surface area contributed by atoms with Gasteiger partial charge in [0.15, 0.2) is 5.66 Å². The van der Waals surface area contributed by atoms with Crippen LogP contribution in [0.2, 0.25) is 0 Å². The van der Waals surface area contributed by atoms with Crippen LogP contribution in [0.25, 0.3) is 10.8 Å². The SMILES string of the molecule is C#CCCC1(CCC(=O)N2CCCC(NC(=O)c3ccc4ccccc4c3)C2)N=N1. The van der Waals surface area contributed by atoms with Crippen LogP contribution >= 0.6 is 0 Å². The van der Waals surface area contributed by atoms with Crippen molar-refractivity contribution in [1.29, 1.82) is 0 Å². The highest BCUT2D eigenvalue weighted by atomic mass is 16.2. The van der Waals surface area contributed by atoms with Crippen LogP contribution in [-0.2, 0) is 4.79 Å². The molecule has 0 spiro atoms. The van der Waals surface area contributed by atoms with E-state index in [0.29, 0.717) is 37.8 Å². The number of fused-ring (bicyclic) bond motifs is 1. The normalized spacial score (nSPS) is 19.3. The summed E-state index contributed by atoms with van der Waals surface area (Å²) < 4.78 is 0. The number of carbonyl (C=O) groups excluding carboxylic acids is 2. The van der Waals surface area contributed by atoms with Gasteiger partial charge in [0.05, 0.1) is 0 Å². The number of nitrogens with one attached hydrogen (secondary N) is 1. The first-order valence-electron chi connectivity index (χ1n) is 10.5. The molecule has 154 valence electrons. The van der Waals surface area contributed by atoms with Crippen molar-refractivity contribution in [3.63, 3.8) is 0 Å². The smallest absolute Gasteiger partial charge is 0.251 e. The van der Waals surface area contributed by atoms with Gasteiger partial charge in [-0.15, -0.1) is 12.3 Å². The summed E-state index contributed by atoms with van der Waals surface area (Å²) in [4.78, 5) is 27.3. The zero-order valence-corrected chi connectivity index (χ0v) is 17.0. The third-order valence-electron chi connectivity index (χ3n) is 5.91. The average Bonchev–Trinajstić information content (AvgIpc) is 3.56. The van der Waals surface area contributed by atoms with Crippen LogP contribution in [0.15, 0.2) is 52.7 Å². The molecule has 0 radical (unpaired) electrons. The van der Waals surface area contributed by atoms with Gasteiger partial charge in [0.2, 0.25) is 5.91 Å². The van der Waals surface area contributed by atoms with Gasteiger partial charge < -0.3 is 10.2 Å². The number of benzene rings is 2. The van der Waals surface area contributed by atoms with E-state index in [1.165, 1.54) is 0 Å². The van der Waals surface area contributed by atoms with E-state index in [2.05, 4.69) is 21.5 Å². The Morgan fingerprint density at radius 3 is 2.73 bits per heavy atom. The topological polar surface area (TPSA) is 74.1 Å². The monoisotopic (exact) mass is 402 g/mol. The molecule has 6 heteroatoms. The Labute approximate surface area is 176 Å². The number of hydrogen-bond acceptors (Lipinski definition) is 4. The van der Waals surface area contributed by atoms with Crippen molar-refractivity contribution < 1.29 is 9.59 Å². The summed E-state index contributed by atoms with van der Waals surface area (Å²) in [6.07, 6.45) is 9.42. The lowest BCUT2D eigenvalue weighted by molar-refractivity contribution is -0.132. The summed E-state index contributed by atoms with van der Waals surface area (Å²) in [5, 5.41) is 13.5. The molecule has 2 aliphatic heterocycles. The summed E-state index contributed by atoms with van der Waals surface area (Å²) in [6, 6.07) is 13.7. The van der Waals surface area contributed by atoms with E-state index in [1.807, 2.05) is 47.4 Å². The van der Waals surface area contributed by atoms with E-state index in [-0.39, 0.29) is 17.9 Å². The second-order valence-corrected chi connectivity index (χ2v) is 8.10. The van der Waals surface area contributed by atoms with Crippen molar-refractivity contribution >= 4 is 22.6 Å². The predicted octanol–water partition coefficient (Wildman–Crippen LogP) is 3.92. The Morgan fingerprint density at radius 2 is 1.97 bits per heavy atom. The molecule has 1 fully saturated rings. The molecule has 2 amide bonds. The number of likely N-dealkylation sites (tertiary alicyclic amines) is 1. The van der Waals surface area contributed by atoms with Gasteiger partial charge in [-0.25, -0.2) is 0 Å². The number of piperidine rings is 1. The van der Waals surface area contributed by atoms with Crippen molar-refractivity contribution in [1.82, 2.24) is 10.2 Å². The third-order valence-corrected chi connectivity index (χ3v) is 5.91. The molecule has 0 aromatic heterocycles. The lowest BCUT2D eigenvalue weighted by Crippen LogP contribution is -2.49. The van der Waals surface area contributed by atoms with Gasteiger partial charge in [0.25, 0.3) is 5.91 Å². The quantitative estimate of drug-likeness (QED) is 0.713. The molecule has 1 atom stereocenters. The number of amides is 2. The van der Waals surface area contributed by atoms with E-state index >= 15 is 0 Å².